The van der Waals surface area contributed by atoms with Crippen molar-refractivity contribution in [1.82, 2.24) is 4.98 Å². The molecule has 0 atom stereocenters. The van der Waals surface area contributed by atoms with Crippen molar-refractivity contribution in [2.75, 3.05) is 35.8 Å². The molecule has 0 fully saturated rings. The fourth-order valence-electron chi connectivity index (χ4n) is 3.27. The third-order valence-electron chi connectivity index (χ3n) is 5.42. The van der Waals surface area contributed by atoms with Gasteiger partial charge in [-0.25, -0.2) is 4.98 Å². The van der Waals surface area contributed by atoms with Gasteiger partial charge in [-0.3, -0.25) is 0 Å². The molecule has 33 heavy (non-hydrogen) atoms. The van der Waals surface area contributed by atoms with E-state index in [2.05, 4.69) is 54.5 Å². The standard InChI is InChI=1S/C25H29F3N4S/c1-17(2)18(3)32(23-13-11-21(12-14-23)30(4)5)15-20-16-33-24(29-20)31(6)22-9-7-19(8-10-22)25(26,27)28/h7-14,16-17H,3,15H2,1-2,4-6H3. The van der Waals surface area contributed by atoms with E-state index >= 15 is 0 Å². The van der Waals surface area contributed by atoms with Crippen LogP contribution in [0.4, 0.5) is 35.4 Å². The van der Waals surface area contributed by atoms with Gasteiger partial charge >= 0.3 is 6.18 Å². The minimum atomic E-state index is -4.35. The molecule has 0 N–H and O–H groups in total. The van der Waals surface area contributed by atoms with Crippen molar-refractivity contribution in [2.24, 2.45) is 5.92 Å². The fourth-order valence-corrected chi connectivity index (χ4v) is 4.07. The van der Waals surface area contributed by atoms with Gasteiger partial charge in [0, 0.05) is 49.3 Å². The number of rotatable bonds is 8. The Balaban J connectivity index is 1.81. The van der Waals surface area contributed by atoms with Crippen LogP contribution in [0.1, 0.15) is 25.1 Å². The molecule has 0 unspecified atom stereocenters. The van der Waals surface area contributed by atoms with Crippen LogP contribution in [0.5, 0.6) is 0 Å². The third kappa shape index (κ3) is 5.87. The summed E-state index contributed by atoms with van der Waals surface area (Å²) in [7, 11) is 5.81. The summed E-state index contributed by atoms with van der Waals surface area (Å²) >= 11 is 1.46. The van der Waals surface area contributed by atoms with Crippen molar-refractivity contribution in [3.8, 4) is 0 Å². The highest BCUT2D eigenvalue weighted by Crippen LogP contribution is 2.33. The number of thiazole rings is 1. The van der Waals surface area contributed by atoms with Crippen molar-refractivity contribution in [2.45, 2.75) is 26.6 Å². The van der Waals surface area contributed by atoms with Gasteiger partial charge in [-0.15, -0.1) is 11.3 Å². The molecule has 0 aliphatic carbocycles. The van der Waals surface area contributed by atoms with Crippen LogP contribution < -0.4 is 14.7 Å². The minimum Gasteiger partial charge on any atom is -0.378 e. The van der Waals surface area contributed by atoms with Crippen LogP contribution >= 0.6 is 11.3 Å². The fraction of sp³-hybridized carbons (Fsp3) is 0.320. The molecule has 0 saturated carbocycles. The highest BCUT2D eigenvalue weighted by molar-refractivity contribution is 7.13. The summed E-state index contributed by atoms with van der Waals surface area (Å²) in [6, 6.07) is 13.4. The first-order valence-electron chi connectivity index (χ1n) is 10.6. The lowest BCUT2D eigenvalue weighted by Crippen LogP contribution is -2.24. The third-order valence-corrected chi connectivity index (χ3v) is 6.39. The number of aromatic nitrogens is 1. The zero-order valence-electron chi connectivity index (χ0n) is 19.5. The highest BCUT2D eigenvalue weighted by atomic mass is 32.1. The van der Waals surface area contributed by atoms with E-state index in [-0.39, 0.29) is 5.92 Å². The molecule has 1 aromatic heterocycles. The number of anilines is 4. The number of hydrogen-bond acceptors (Lipinski definition) is 5. The van der Waals surface area contributed by atoms with Gasteiger partial charge in [0.2, 0.25) is 0 Å². The predicted molar refractivity (Wildman–Crippen MR) is 133 cm³/mol. The highest BCUT2D eigenvalue weighted by Gasteiger charge is 2.30. The molecule has 8 heteroatoms. The van der Waals surface area contributed by atoms with Crippen LogP contribution in [0.25, 0.3) is 0 Å². The molecule has 0 aliphatic rings. The SMILES string of the molecule is C=C(C(C)C)N(Cc1csc(N(C)c2ccc(C(F)(F)F)cc2)n1)c1ccc(N(C)C)cc1. The maximum absolute atomic E-state index is 12.9. The van der Waals surface area contributed by atoms with Crippen LogP contribution in [-0.4, -0.2) is 26.1 Å². The summed E-state index contributed by atoms with van der Waals surface area (Å²) in [5.41, 5.74) is 3.98. The van der Waals surface area contributed by atoms with Crippen LogP contribution in [0.15, 0.2) is 66.2 Å². The normalized spacial score (nSPS) is 11.5. The Morgan fingerprint density at radius 2 is 1.48 bits per heavy atom. The van der Waals surface area contributed by atoms with E-state index in [1.165, 1.54) is 23.5 Å². The van der Waals surface area contributed by atoms with Gasteiger partial charge in [0.1, 0.15) is 0 Å². The van der Waals surface area contributed by atoms with Crippen molar-refractivity contribution in [1.29, 1.82) is 0 Å². The van der Waals surface area contributed by atoms with E-state index in [4.69, 9.17) is 4.98 Å². The van der Waals surface area contributed by atoms with E-state index in [0.29, 0.717) is 17.4 Å². The summed E-state index contributed by atoms with van der Waals surface area (Å²) in [6.07, 6.45) is -4.35. The Kier molecular flexibility index (Phi) is 7.37. The Bertz CT molecular complexity index is 1070. The molecule has 0 bridgehead atoms. The van der Waals surface area contributed by atoms with Gasteiger partial charge in [0.25, 0.3) is 0 Å². The molecule has 176 valence electrons. The lowest BCUT2D eigenvalue weighted by Gasteiger charge is -2.29. The second-order valence-electron chi connectivity index (χ2n) is 8.37. The second-order valence-corrected chi connectivity index (χ2v) is 9.20. The minimum absolute atomic E-state index is 0.256. The Morgan fingerprint density at radius 3 is 2.00 bits per heavy atom. The average molecular weight is 475 g/mol. The quantitative estimate of drug-likeness (QED) is 0.345. The summed E-state index contributed by atoms with van der Waals surface area (Å²) in [6.45, 7) is 9.05. The topological polar surface area (TPSA) is 22.6 Å². The number of nitrogens with zero attached hydrogens (tertiary/aromatic N) is 4. The summed E-state index contributed by atoms with van der Waals surface area (Å²) in [5, 5.41) is 2.69. The zero-order chi connectivity index (χ0) is 24.3. The number of halogens is 3. The van der Waals surface area contributed by atoms with Crippen molar-refractivity contribution < 1.29 is 13.2 Å². The number of benzene rings is 2. The maximum atomic E-state index is 12.9. The first kappa shape index (κ1) is 24.6. The lowest BCUT2D eigenvalue weighted by molar-refractivity contribution is -0.137. The van der Waals surface area contributed by atoms with E-state index in [1.807, 2.05) is 19.5 Å². The molecular weight excluding hydrogens is 445 g/mol. The van der Waals surface area contributed by atoms with E-state index in [0.717, 1.165) is 34.9 Å². The van der Waals surface area contributed by atoms with Gasteiger partial charge < -0.3 is 14.7 Å². The van der Waals surface area contributed by atoms with Crippen molar-refractivity contribution >= 4 is 33.5 Å². The van der Waals surface area contributed by atoms with Gasteiger partial charge in [0.05, 0.1) is 17.8 Å². The van der Waals surface area contributed by atoms with Gasteiger partial charge in [0.15, 0.2) is 5.13 Å². The molecular formula is C25H29F3N4S. The summed E-state index contributed by atoms with van der Waals surface area (Å²) in [4.78, 5) is 10.7. The van der Waals surface area contributed by atoms with Crippen LogP contribution in [0.3, 0.4) is 0 Å². The number of allylic oxidation sites excluding steroid dienone is 1. The first-order chi connectivity index (χ1) is 15.5. The Hall–Kier alpha value is -3.00. The molecule has 1 heterocycles. The molecule has 2 aromatic carbocycles. The van der Waals surface area contributed by atoms with Gasteiger partial charge in [-0.05, 0) is 54.4 Å². The molecule has 3 aromatic rings. The van der Waals surface area contributed by atoms with Crippen molar-refractivity contribution in [3.05, 3.63) is 77.4 Å². The number of alkyl halides is 3. The largest absolute Gasteiger partial charge is 0.416 e. The maximum Gasteiger partial charge on any atom is 0.416 e. The molecule has 0 amide bonds. The molecule has 3 rings (SSSR count). The van der Waals surface area contributed by atoms with Crippen LogP contribution in [-0.2, 0) is 12.7 Å². The molecule has 0 aliphatic heterocycles. The average Bonchev–Trinajstić information content (AvgIpc) is 3.24. The molecule has 0 spiro atoms. The first-order valence-corrected chi connectivity index (χ1v) is 11.4. The Morgan fingerprint density at radius 1 is 0.939 bits per heavy atom. The lowest BCUT2D eigenvalue weighted by atomic mass is 10.1. The van der Waals surface area contributed by atoms with Gasteiger partial charge in [-0.2, -0.15) is 13.2 Å². The predicted octanol–water partition coefficient (Wildman–Crippen LogP) is 7.17. The Labute approximate surface area is 197 Å². The molecule has 0 saturated heterocycles. The van der Waals surface area contributed by atoms with E-state index in [9.17, 15) is 13.2 Å². The monoisotopic (exact) mass is 474 g/mol. The van der Waals surface area contributed by atoms with E-state index < -0.39 is 11.7 Å². The summed E-state index contributed by atoms with van der Waals surface area (Å²) in [5.74, 6) is 0.256. The van der Waals surface area contributed by atoms with Crippen LogP contribution in [0, 0.1) is 5.92 Å². The zero-order valence-corrected chi connectivity index (χ0v) is 20.3. The van der Waals surface area contributed by atoms with Crippen molar-refractivity contribution in [3.63, 3.8) is 0 Å². The van der Waals surface area contributed by atoms with Gasteiger partial charge in [-0.1, -0.05) is 20.4 Å². The molecule has 0 radical (unpaired) electrons. The second kappa shape index (κ2) is 9.87. The van der Waals surface area contributed by atoms with E-state index in [1.54, 1.807) is 11.9 Å². The number of hydrogen-bond donors (Lipinski definition) is 0. The van der Waals surface area contributed by atoms with Crippen LogP contribution in [0.2, 0.25) is 0 Å². The summed E-state index contributed by atoms with van der Waals surface area (Å²) < 4.78 is 38.6. The molecule has 4 nitrogen and oxygen atoms in total. The smallest absolute Gasteiger partial charge is 0.378 e.